The molecule has 2 aromatic rings. The third-order valence-electron chi connectivity index (χ3n) is 8.15. The van der Waals surface area contributed by atoms with E-state index in [4.69, 9.17) is 16.6 Å². The summed E-state index contributed by atoms with van der Waals surface area (Å²) in [5, 5.41) is 5.99. The van der Waals surface area contributed by atoms with Crippen molar-refractivity contribution in [3.8, 4) is 0 Å². The molecule has 5 N–H and O–H groups in total. The molecule has 0 saturated heterocycles. The van der Waals surface area contributed by atoms with E-state index in [9.17, 15) is 22.8 Å². The molecule has 0 radical (unpaired) electrons. The molecule has 0 aromatic heterocycles. The molecule has 1 amide bonds. The predicted molar refractivity (Wildman–Crippen MR) is 177 cm³/mol. The van der Waals surface area contributed by atoms with Crippen LogP contribution in [0.15, 0.2) is 58.6 Å². The molecule has 8 nitrogen and oxygen atoms in total. The molecule has 250 valence electrons. The number of nitrogens with zero attached hydrogens (tertiary/aromatic N) is 3. The van der Waals surface area contributed by atoms with Crippen LogP contribution in [0, 0.1) is 11.3 Å². The maximum absolute atomic E-state index is 13.8. The van der Waals surface area contributed by atoms with Crippen molar-refractivity contribution in [3.63, 3.8) is 0 Å². The van der Waals surface area contributed by atoms with Gasteiger partial charge in [-0.3, -0.25) is 14.6 Å². The number of alkyl halides is 3. The van der Waals surface area contributed by atoms with Crippen LogP contribution < -0.4 is 16.9 Å². The lowest BCUT2D eigenvalue weighted by atomic mass is 9.69. The molecule has 1 aliphatic carbocycles. The Kier molecular flexibility index (Phi) is 14.4. The number of carbonyl (C=O) groups excluding carboxylic acids is 2. The maximum Gasteiger partial charge on any atom is 0.416 e. The Morgan fingerprint density at radius 3 is 2.02 bits per heavy atom. The quantitative estimate of drug-likeness (QED) is 0.105. The van der Waals surface area contributed by atoms with E-state index in [1.807, 2.05) is 37.8 Å². The minimum atomic E-state index is -4.44. The first kappa shape index (κ1) is 39.3. The molecule has 1 fully saturated rings. The number of hydrogen-bond donors (Lipinski definition) is 3. The van der Waals surface area contributed by atoms with Crippen molar-refractivity contribution >= 4 is 23.7 Å². The fraction of sp³-hybridized carbons (Fsp3) is 0.529. The lowest BCUT2D eigenvalue weighted by Gasteiger charge is -2.46. The number of aldehydes is 1. The van der Waals surface area contributed by atoms with Gasteiger partial charge in [0.2, 0.25) is 0 Å². The van der Waals surface area contributed by atoms with E-state index < -0.39 is 17.4 Å². The lowest BCUT2D eigenvalue weighted by molar-refractivity contribution is -0.137. The molecule has 1 aliphatic heterocycles. The number of halogens is 3. The molecule has 11 heteroatoms. The standard InChI is InChI=1S/C28H31F3N2O2.C3H10N4.C2H6.CH4/c1-18(20-7-5-19(17-34)6-8-20)33-25(35)24(21-9-11-23(12-10-21)28(29,30)31)32-27(33)15-13-22(14-16-27)26(2,3)4;1-6-2-3(4)7-5;1-2;/h5-12,17-18,22H,13-16H2,1-4H3;6H,2,5H2,1H3,(H2,4,7);1-2H3;1H4. The van der Waals surface area contributed by atoms with Crippen LogP contribution in [-0.4, -0.2) is 47.9 Å². The SMILES string of the molecule is C.CC.CC(c1ccc(C=O)cc1)N1C(=O)C(c2ccc(C(F)(F)F)cc2)=NC12CCC(C(C)(C)C)CC2.CNC/C(N)=N/N. The van der Waals surface area contributed by atoms with Crippen LogP contribution in [0.4, 0.5) is 13.2 Å². The average molecular weight is 633 g/mol. The van der Waals surface area contributed by atoms with Crippen LogP contribution in [0.25, 0.3) is 0 Å². The third-order valence-corrected chi connectivity index (χ3v) is 8.15. The summed E-state index contributed by atoms with van der Waals surface area (Å²) >= 11 is 0. The van der Waals surface area contributed by atoms with Crippen LogP contribution in [0.2, 0.25) is 0 Å². The van der Waals surface area contributed by atoms with Gasteiger partial charge in [-0.1, -0.05) is 78.4 Å². The van der Waals surface area contributed by atoms with Crippen LogP contribution >= 0.6 is 0 Å². The van der Waals surface area contributed by atoms with E-state index in [-0.39, 0.29) is 30.5 Å². The Balaban J connectivity index is 0.000000896. The van der Waals surface area contributed by atoms with Crippen molar-refractivity contribution in [2.75, 3.05) is 13.6 Å². The van der Waals surface area contributed by atoms with Gasteiger partial charge < -0.3 is 21.8 Å². The van der Waals surface area contributed by atoms with E-state index in [2.05, 4.69) is 31.2 Å². The lowest BCUT2D eigenvalue weighted by Crippen LogP contribution is -2.50. The molecule has 1 heterocycles. The summed E-state index contributed by atoms with van der Waals surface area (Å²) in [6.07, 6.45) is -0.456. The van der Waals surface area contributed by atoms with Crippen LogP contribution in [0.3, 0.4) is 0 Å². The average Bonchev–Trinajstić information content (AvgIpc) is 3.28. The number of aliphatic imine (C=N–C) groups is 1. The zero-order valence-corrected chi connectivity index (χ0v) is 26.8. The summed E-state index contributed by atoms with van der Waals surface area (Å²) in [5.74, 6) is 5.43. The first-order valence-corrected chi connectivity index (χ1v) is 15.0. The minimum absolute atomic E-state index is 0. The van der Waals surface area contributed by atoms with Crippen molar-refractivity contribution in [1.82, 2.24) is 10.2 Å². The number of rotatable bonds is 6. The number of likely N-dealkylation sites (N-methyl/N-ethyl adjacent to an activating group) is 1. The minimum Gasteiger partial charge on any atom is -0.385 e. The van der Waals surface area contributed by atoms with Gasteiger partial charge >= 0.3 is 6.18 Å². The Bertz CT molecular complexity index is 1290. The highest BCUT2D eigenvalue weighted by atomic mass is 19.4. The molecule has 1 spiro atoms. The largest absolute Gasteiger partial charge is 0.416 e. The highest BCUT2D eigenvalue weighted by molar-refractivity contribution is 6.46. The van der Waals surface area contributed by atoms with Crippen molar-refractivity contribution in [3.05, 3.63) is 70.8 Å². The molecule has 1 saturated carbocycles. The van der Waals surface area contributed by atoms with Gasteiger partial charge in [0, 0.05) is 11.1 Å². The fourth-order valence-electron chi connectivity index (χ4n) is 5.68. The summed E-state index contributed by atoms with van der Waals surface area (Å²) in [4.78, 5) is 31.6. The predicted octanol–water partition coefficient (Wildman–Crippen LogP) is 6.94. The van der Waals surface area contributed by atoms with E-state index in [1.54, 1.807) is 19.2 Å². The number of nitrogens with one attached hydrogen (secondary N) is 1. The van der Waals surface area contributed by atoms with E-state index in [0.717, 1.165) is 36.8 Å². The molecular formula is C34H51F3N6O2. The number of benzene rings is 2. The first-order chi connectivity index (χ1) is 20.7. The van der Waals surface area contributed by atoms with Crippen molar-refractivity contribution in [2.45, 2.75) is 92.5 Å². The Morgan fingerprint density at radius 1 is 1.09 bits per heavy atom. The number of amidine groups is 1. The number of carbonyl (C=O) groups is 2. The monoisotopic (exact) mass is 632 g/mol. The topological polar surface area (TPSA) is 126 Å². The zero-order valence-electron chi connectivity index (χ0n) is 26.8. The molecule has 1 atom stereocenters. The smallest absolute Gasteiger partial charge is 0.385 e. The van der Waals surface area contributed by atoms with Gasteiger partial charge in [0.25, 0.3) is 5.91 Å². The van der Waals surface area contributed by atoms with Gasteiger partial charge in [-0.05, 0) is 68.7 Å². The van der Waals surface area contributed by atoms with Crippen molar-refractivity contribution in [2.24, 2.45) is 33.0 Å². The fourth-order valence-corrected chi connectivity index (χ4v) is 5.68. The molecule has 2 aromatic carbocycles. The van der Waals surface area contributed by atoms with Gasteiger partial charge in [-0.25, -0.2) is 0 Å². The molecule has 0 bridgehead atoms. The molecular weight excluding hydrogens is 581 g/mol. The second-order valence-corrected chi connectivity index (χ2v) is 11.9. The van der Waals surface area contributed by atoms with E-state index in [0.29, 0.717) is 42.3 Å². The molecule has 4 rings (SSSR count). The normalized spacial score (nSPS) is 20.6. The van der Waals surface area contributed by atoms with Crippen LogP contribution in [0.5, 0.6) is 0 Å². The van der Waals surface area contributed by atoms with Crippen molar-refractivity contribution in [1.29, 1.82) is 0 Å². The number of hydrazone groups is 1. The van der Waals surface area contributed by atoms with Gasteiger partial charge in [0.15, 0.2) is 0 Å². The Labute approximate surface area is 266 Å². The summed E-state index contributed by atoms with van der Waals surface area (Å²) in [7, 11) is 1.78. The summed E-state index contributed by atoms with van der Waals surface area (Å²) in [6, 6.07) is 11.5. The summed E-state index contributed by atoms with van der Waals surface area (Å²) < 4.78 is 39.2. The Morgan fingerprint density at radius 2 is 1.62 bits per heavy atom. The molecule has 1 unspecified atom stereocenters. The van der Waals surface area contributed by atoms with E-state index >= 15 is 0 Å². The third kappa shape index (κ3) is 9.63. The second kappa shape index (κ2) is 16.5. The highest BCUT2D eigenvalue weighted by Crippen LogP contribution is 2.49. The van der Waals surface area contributed by atoms with Gasteiger partial charge in [-0.15, -0.1) is 0 Å². The highest BCUT2D eigenvalue weighted by Gasteiger charge is 2.52. The number of hydrogen-bond acceptors (Lipinski definition) is 6. The number of nitrogens with two attached hydrogens (primary N) is 2. The number of amides is 1. The van der Waals surface area contributed by atoms with Gasteiger partial charge in [0.1, 0.15) is 23.5 Å². The molecule has 2 aliphatic rings. The van der Waals surface area contributed by atoms with Crippen LogP contribution in [-0.2, 0) is 11.0 Å². The van der Waals surface area contributed by atoms with Gasteiger partial charge in [0.05, 0.1) is 18.2 Å². The summed E-state index contributed by atoms with van der Waals surface area (Å²) in [6.45, 7) is 13.2. The summed E-state index contributed by atoms with van der Waals surface area (Å²) in [5.41, 5.74) is 5.84. The zero-order chi connectivity index (χ0) is 33.3. The maximum atomic E-state index is 13.8. The Hall–Kier alpha value is -3.73. The van der Waals surface area contributed by atoms with Crippen LogP contribution in [0.1, 0.15) is 108 Å². The first-order valence-electron chi connectivity index (χ1n) is 15.0. The van der Waals surface area contributed by atoms with E-state index in [1.165, 1.54) is 12.1 Å². The second-order valence-electron chi connectivity index (χ2n) is 11.9. The molecule has 45 heavy (non-hydrogen) atoms. The van der Waals surface area contributed by atoms with Gasteiger partial charge in [-0.2, -0.15) is 18.3 Å². The van der Waals surface area contributed by atoms with Crippen molar-refractivity contribution < 1.29 is 22.8 Å².